The smallest absolute Gasteiger partial charge is 0.208 e. The van der Waals surface area contributed by atoms with Crippen LogP contribution in [-0.2, 0) is 6.42 Å². The Labute approximate surface area is 142 Å². The second-order valence-corrected chi connectivity index (χ2v) is 6.16. The van der Waals surface area contributed by atoms with Crippen molar-refractivity contribution in [1.29, 1.82) is 0 Å². The number of nitrogens with zero attached hydrogens (tertiary/aromatic N) is 4. The molecule has 0 saturated heterocycles. The van der Waals surface area contributed by atoms with Crippen LogP contribution >= 0.6 is 11.8 Å². The van der Waals surface area contributed by atoms with E-state index < -0.39 is 5.82 Å². The molecule has 1 aromatic carbocycles. The Kier molecular flexibility index (Phi) is 4.48. The first-order valence-electron chi connectivity index (χ1n) is 7.43. The summed E-state index contributed by atoms with van der Waals surface area (Å²) >= 11 is 1.16. The van der Waals surface area contributed by atoms with Crippen LogP contribution in [0, 0.1) is 12.7 Å². The lowest BCUT2D eigenvalue weighted by molar-refractivity contribution is 0.101. The molecular formula is C16H16FN5OS. The van der Waals surface area contributed by atoms with Crippen LogP contribution in [0.3, 0.4) is 0 Å². The summed E-state index contributed by atoms with van der Waals surface area (Å²) in [7, 11) is 0. The van der Waals surface area contributed by atoms with Gasteiger partial charge in [-0.05, 0) is 25.5 Å². The van der Waals surface area contributed by atoms with Crippen molar-refractivity contribution < 1.29 is 9.18 Å². The molecule has 2 aromatic heterocycles. The van der Waals surface area contributed by atoms with Crippen molar-refractivity contribution in [3.05, 3.63) is 46.9 Å². The molecule has 124 valence electrons. The number of aryl methyl sites for hydroxylation is 2. The van der Waals surface area contributed by atoms with Crippen molar-refractivity contribution in [3.63, 3.8) is 0 Å². The zero-order valence-corrected chi connectivity index (χ0v) is 14.1. The third kappa shape index (κ3) is 2.84. The Morgan fingerprint density at radius 2 is 2.08 bits per heavy atom. The largest absolute Gasteiger partial charge is 0.369 e. The number of fused-ring (bicyclic) bond motifs is 1. The highest BCUT2D eigenvalue weighted by atomic mass is 32.2. The minimum Gasteiger partial charge on any atom is -0.369 e. The van der Waals surface area contributed by atoms with Crippen LogP contribution in [0.15, 0.2) is 29.4 Å². The molecule has 0 unspecified atom stereocenters. The monoisotopic (exact) mass is 345 g/mol. The van der Waals surface area contributed by atoms with Gasteiger partial charge in [0, 0.05) is 11.3 Å². The van der Waals surface area contributed by atoms with Crippen LogP contribution in [0.25, 0.3) is 5.65 Å². The molecule has 24 heavy (non-hydrogen) atoms. The van der Waals surface area contributed by atoms with E-state index in [1.165, 1.54) is 12.1 Å². The van der Waals surface area contributed by atoms with Gasteiger partial charge in [-0.15, -0.1) is 10.2 Å². The summed E-state index contributed by atoms with van der Waals surface area (Å²) in [6, 6.07) is 5.91. The molecule has 3 rings (SSSR count). The minimum atomic E-state index is -0.528. The summed E-state index contributed by atoms with van der Waals surface area (Å²) < 4.78 is 15.3. The number of hydrogen-bond donors (Lipinski definition) is 1. The molecule has 0 amide bonds. The van der Waals surface area contributed by atoms with Gasteiger partial charge in [0.1, 0.15) is 5.82 Å². The highest BCUT2D eigenvalue weighted by molar-refractivity contribution is 7.99. The van der Waals surface area contributed by atoms with Crippen LogP contribution < -0.4 is 5.73 Å². The SMILES string of the molecule is CCc1c(C)nc(N)n2c(SCC(=O)c3ccccc3F)nnc12. The summed E-state index contributed by atoms with van der Waals surface area (Å²) in [6.07, 6.45) is 0.750. The van der Waals surface area contributed by atoms with E-state index in [2.05, 4.69) is 15.2 Å². The molecule has 6 nitrogen and oxygen atoms in total. The summed E-state index contributed by atoms with van der Waals surface area (Å²) in [6.45, 7) is 3.88. The number of halogens is 1. The van der Waals surface area contributed by atoms with Gasteiger partial charge in [0.15, 0.2) is 16.6 Å². The number of anilines is 1. The summed E-state index contributed by atoms with van der Waals surface area (Å²) in [5.41, 5.74) is 8.46. The molecule has 0 atom stereocenters. The second-order valence-electron chi connectivity index (χ2n) is 5.22. The molecule has 0 saturated carbocycles. The maximum atomic E-state index is 13.7. The number of thioether (sulfide) groups is 1. The van der Waals surface area contributed by atoms with E-state index in [0.717, 1.165) is 29.4 Å². The molecule has 8 heteroatoms. The zero-order valence-electron chi connectivity index (χ0n) is 13.3. The lowest BCUT2D eigenvalue weighted by Crippen LogP contribution is -2.08. The normalized spacial score (nSPS) is 11.1. The molecular weight excluding hydrogens is 329 g/mol. The Hall–Kier alpha value is -2.48. The van der Waals surface area contributed by atoms with Gasteiger partial charge in [-0.25, -0.2) is 13.8 Å². The maximum Gasteiger partial charge on any atom is 0.208 e. The standard InChI is InChI=1S/C16H16FN5OS/c1-3-10-9(2)19-15(18)22-14(10)20-21-16(22)24-8-13(23)11-6-4-5-7-12(11)17/h4-7H,3,8H2,1-2H3,(H2,18,19). The summed E-state index contributed by atoms with van der Waals surface area (Å²) in [5, 5.41) is 8.74. The molecule has 0 bridgehead atoms. The molecule has 0 aliphatic carbocycles. The van der Waals surface area contributed by atoms with E-state index in [-0.39, 0.29) is 23.0 Å². The van der Waals surface area contributed by atoms with Crippen LogP contribution in [0.5, 0.6) is 0 Å². The zero-order chi connectivity index (χ0) is 17.3. The Balaban J connectivity index is 1.89. The lowest BCUT2D eigenvalue weighted by atomic mass is 10.1. The molecule has 0 aliphatic heterocycles. The molecule has 0 fully saturated rings. The van der Waals surface area contributed by atoms with E-state index in [4.69, 9.17) is 5.73 Å². The van der Waals surface area contributed by atoms with Gasteiger partial charge in [0.05, 0.1) is 11.3 Å². The summed E-state index contributed by atoms with van der Waals surface area (Å²) in [5.74, 6) is -0.537. The number of carbonyl (C=O) groups is 1. The number of nitrogen functional groups attached to an aromatic ring is 1. The van der Waals surface area contributed by atoms with Gasteiger partial charge in [-0.1, -0.05) is 30.8 Å². The number of ketones is 1. The number of nitrogens with two attached hydrogens (primary N) is 1. The van der Waals surface area contributed by atoms with E-state index in [9.17, 15) is 9.18 Å². The van der Waals surface area contributed by atoms with E-state index in [1.807, 2.05) is 13.8 Å². The first-order valence-corrected chi connectivity index (χ1v) is 8.42. The van der Waals surface area contributed by atoms with Crippen molar-refractivity contribution in [2.45, 2.75) is 25.4 Å². The van der Waals surface area contributed by atoms with Gasteiger partial charge >= 0.3 is 0 Å². The highest BCUT2D eigenvalue weighted by Crippen LogP contribution is 2.24. The Morgan fingerprint density at radius 1 is 1.33 bits per heavy atom. The predicted molar refractivity (Wildman–Crippen MR) is 90.8 cm³/mol. The van der Waals surface area contributed by atoms with Gasteiger partial charge in [-0.2, -0.15) is 0 Å². The van der Waals surface area contributed by atoms with Crippen molar-refractivity contribution in [2.24, 2.45) is 0 Å². The number of carbonyl (C=O) groups excluding carboxylic acids is 1. The minimum absolute atomic E-state index is 0.0382. The van der Waals surface area contributed by atoms with Crippen molar-refractivity contribution in [3.8, 4) is 0 Å². The number of benzene rings is 1. The quantitative estimate of drug-likeness (QED) is 0.565. The molecule has 3 aromatic rings. The maximum absolute atomic E-state index is 13.7. The Morgan fingerprint density at radius 3 is 2.79 bits per heavy atom. The van der Waals surface area contributed by atoms with Gasteiger partial charge < -0.3 is 5.73 Å². The van der Waals surface area contributed by atoms with Crippen molar-refractivity contribution in [2.75, 3.05) is 11.5 Å². The Bertz CT molecular complexity index is 924. The van der Waals surface area contributed by atoms with Crippen LogP contribution in [-0.4, -0.2) is 31.1 Å². The molecule has 0 aliphatic rings. The van der Waals surface area contributed by atoms with E-state index >= 15 is 0 Å². The first kappa shape index (κ1) is 16.4. The number of hydrogen-bond acceptors (Lipinski definition) is 6. The first-order chi connectivity index (χ1) is 11.5. The molecule has 2 heterocycles. The fraction of sp³-hybridized carbons (Fsp3) is 0.250. The number of rotatable bonds is 5. The fourth-order valence-electron chi connectivity index (χ4n) is 2.53. The molecule has 0 radical (unpaired) electrons. The second kappa shape index (κ2) is 6.56. The fourth-order valence-corrected chi connectivity index (χ4v) is 3.35. The lowest BCUT2D eigenvalue weighted by Gasteiger charge is -2.08. The van der Waals surface area contributed by atoms with Gasteiger partial charge in [-0.3, -0.25) is 4.79 Å². The third-order valence-electron chi connectivity index (χ3n) is 3.71. The van der Waals surface area contributed by atoms with Crippen molar-refractivity contribution >= 4 is 29.1 Å². The number of Topliss-reactive ketones (excluding diaryl/α,β-unsaturated/α-hetero) is 1. The van der Waals surface area contributed by atoms with Gasteiger partial charge in [0.2, 0.25) is 5.95 Å². The van der Waals surface area contributed by atoms with Crippen molar-refractivity contribution in [1.82, 2.24) is 19.6 Å². The third-order valence-corrected chi connectivity index (χ3v) is 4.64. The average Bonchev–Trinajstić information content (AvgIpc) is 2.97. The van der Waals surface area contributed by atoms with Crippen LogP contribution in [0.1, 0.15) is 28.5 Å². The predicted octanol–water partition coefficient (Wildman–Crippen LogP) is 2.69. The van der Waals surface area contributed by atoms with Crippen LogP contribution in [0.2, 0.25) is 0 Å². The van der Waals surface area contributed by atoms with E-state index in [1.54, 1.807) is 16.5 Å². The topological polar surface area (TPSA) is 86.2 Å². The van der Waals surface area contributed by atoms with Gasteiger partial charge in [0.25, 0.3) is 0 Å². The van der Waals surface area contributed by atoms with Crippen LogP contribution in [0.4, 0.5) is 10.3 Å². The number of aromatic nitrogens is 4. The highest BCUT2D eigenvalue weighted by Gasteiger charge is 2.18. The average molecular weight is 345 g/mol. The summed E-state index contributed by atoms with van der Waals surface area (Å²) in [4.78, 5) is 16.5. The molecule has 2 N–H and O–H groups in total. The van der Waals surface area contributed by atoms with E-state index in [0.29, 0.717) is 10.8 Å². The molecule has 0 spiro atoms.